The summed E-state index contributed by atoms with van der Waals surface area (Å²) in [6.45, 7) is 5.74. The summed E-state index contributed by atoms with van der Waals surface area (Å²) in [4.78, 5) is 17.1. The third-order valence-corrected chi connectivity index (χ3v) is 6.51. The van der Waals surface area contributed by atoms with Crippen LogP contribution in [0, 0.1) is 23.2 Å². The van der Waals surface area contributed by atoms with E-state index in [9.17, 15) is 9.90 Å². The molecule has 5 nitrogen and oxygen atoms in total. The first-order valence-electron chi connectivity index (χ1n) is 9.29. The molecule has 4 aliphatic rings. The molecule has 130 valence electrons. The van der Waals surface area contributed by atoms with E-state index in [0.29, 0.717) is 18.8 Å². The molecule has 0 unspecified atom stereocenters. The molecule has 4 rings (SSSR count). The minimum absolute atomic E-state index is 0.0730. The number of aliphatic hydroxyl groups is 1. The zero-order valence-electron chi connectivity index (χ0n) is 14.2. The quantitative estimate of drug-likeness (QED) is 0.819. The average Bonchev–Trinajstić information content (AvgIpc) is 3.13. The number of rotatable bonds is 5. The number of hydrogen-bond acceptors (Lipinski definition) is 4. The van der Waals surface area contributed by atoms with Crippen LogP contribution in [-0.2, 0) is 9.53 Å². The molecule has 2 aliphatic carbocycles. The average molecular weight is 322 g/mol. The third kappa shape index (κ3) is 3.15. The van der Waals surface area contributed by atoms with Gasteiger partial charge in [0.25, 0.3) is 0 Å². The Balaban J connectivity index is 1.35. The van der Waals surface area contributed by atoms with Crippen molar-refractivity contribution in [2.75, 3.05) is 46.4 Å². The number of amides is 1. The van der Waals surface area contributed by atoms with Crippen molar-refractivity contribution in [2.45, 2.75) is 38.2 Å². The summed E-state index contributed by atoms with van der Waals surface area (Å²) in [5.41, 5.74) is 0.232. The van der Waals surface area contributed by atoms with Crippen LogP contribution in [0.2, 0.25) is 0 Å². The van der Waals surface area contributed by atoms with Gasteiger partial charge < -0.3 is 19.6 Å². The SMILES string of the molecule is CN1C[C@@H](COCC2CC2)[C@]2(CCN(C(=O)C3CC(O)C3)C2)C1. The van der Waals surface area contributed by atoms with Crippen molar-refractivity contribution in [3.05, 3.63) is 0 Å². The highest BCUT2D eigenvalue weighted by atomic mass is 16.5. The van der Waals surface area contributed by atoms with E-state index in [1.54, 1.807) is 0 Å². The van der Waals surface area contributed by atoms with Crippen LogP contribution < -0.4 is 0 Å². The number of carbonyl (C=O) groups is 1. The van der Waals surface area contributed by atoms with Gasteiger partial charge in [0.1, 0.15) is 0 Å². The monoisotopic (exact) mass is 322 g/mol. The van der Waals surface area contributed by atoms with E-state index in [4.69, 9.17) is 4.74 Å². The van der Waals surface area contributed by atoms with Crippen molar-refractivity contribution in [1.82, 2.24) is 9.80 Å². The van der Waals surface area contributed by atoms with Crippen molar-refractivity contribution in [2.24, 2.45) is 23.2 Å². The van der Waals surface area contributed by atoms with Crippen LogP contribution in [0.4, 0.5) is 0 Å². The van der Waals surface area contributed by atoms with E-state index < -0.39 is 0 Å². The molecule has 1 N–H and O–H groups in total. The van der Waals surface area contributed by atoms with Gasteiger partial charge in [0, 0.05) is 50.0 Å². The Morgan fingerprint density at radius 1 is 1.26 bits per heavy atom. The van der Waals surface area contributed by atoms with Crippen molar-refractivity contribution >= 4 is 5.91 Å². The van der Waals surface area contributed by atoms with E-state index in [1.807, 2.05) is 0 Å². The highest BCUT2D eigenvalue weighted by Gasteiger charge is 2.51. The largest absolute Gasteiger partial charge is 0.393 e. The molecular formula is C18H30N2O3. The Kier molecular flexibility index (Phi) is 4.14. The van der Waals surface area contributed by atoms with E-state index in [-0.39, 0.29) is 23.3 Å². The van der Waals surface area contributed by atoms with Crippen molar-refractivity contribution in [1.29, 1.82) is 0 Å². The van der Waals surface area contributed by atoms with E-state index in [2.05, 4.69) is 16.8 Å². The molecule has 2 aliphatic heterocycles. The van der Waals surface area contributed by atoms with Crippen molar-refractivity contribution in [3.63, 3.8) is 0 Å². The number of likely N-dealkylation sites (tertiary alicyclic amines) is 2. The summed E-state index contributed by atoms with van der Waals surface area (Å²) in [6.07, 6.45) is 4.86. The summed E-state index contributed by atoms with van der Waals surface area (Å²) in [5.74, 6) is 1.72. The minimum atomic E-state index is -0.248. The van der Waals surface area contributed by atoms with E-state index in [1.165, 1.54) is 12.8 Å². The molecule has 23 heavy (non-hydrogen) atoms. The van der Waals surface area contributed by atoms with Gasteiger partial charge in [0.15, 0.2) is 0 Å². The third-order valence-electron chi connectivity index (χ3n) is 6.51. The van der Waals surface area contributed by atoms with Crippen LogP contribution in [0.15, 0.2) is 0 Å². The molecule has 1 spiro atoms. The lowest BCUT2D eigenvalue weighted by molar-refractivity contribution is -0.141. The molecule has 2 heterocycles. The van der Waals surface area contributed by atoms with Gasteiger partial charge in [-0.1, -0.05) is 0 Å². The van der Waals surface area contributed by atoms with Crippen LogP contribution in [0.3, 0.4) is 0 Å². The van der Waals surface area contributed by atoms with Crippen LogP contribution in [0.1, 0.15) is 32.1 Å². The zero-order chi connectivity index (χ0) is 16.0. The second-order valence-electron chi connectivity index (χ2n) is 8.57. The molecule has 0 aromatic rings. The number of hydrogen-bond donors (Lipinski definition) is 1. The molecule has 1 amide bonds. The lowest BCUT2D eigenvalue weighted by Gasteiger charge is -2.35. The van der Waals surface area contributed by atoms with Crippen LogP contribution in [-0.4, -0.2) is 73.4 Å². The van der Waals surface area contributed by atoms with E-state index in [0.717, 1.165) is 51.7 Å². The number of ether oxygens (including phenoxy) is 1. The second-order valence-corrected chi connectivity index (χ2v) is 8.57. The van der Waals surface area contributed by atoms with Crippen LogP contribution in [0.25, 0.3) is 0 Å². The van der Waals surface area contributed by atoms with E-state index >= 15 is 0 Å². The molecular weight excluding hydrogens is 292 g/mol. The lowest BCUT2D eigenvalue weighted by Crippen LogP contribution is -2.44. The molecule has 0 aromatic heterocycles. The van der Waals surface area contributed by atoms with Crippen LogP contribution >= 0.6 is 0 Å². The fourth-order valence-electron chi connectivity index (χ4n) is 4.79. The number of aliphatic hydroxyl groups excluding tert-OH is 1. The summed E-state index contributed by atoms with van der Waals surface area (Å²) in [5, 5.41) is 9.44. The summed E-state index contributed by atoms with van der Waals surface area (Å²) < 4.78 is 6.00. The zero-order valence-corrected chi connectivity index (χ0v) is 14.2. The van der Waals surface area contributed by atoms with Crippen molar-refractivity contribution < 1.29 is 14.6 Å². The molecule has 2 atom stereocenters. The Hall–Kier alpha value is -0.650. The summed E-state index contributed by atoms with van der Waals surface area (Å²) in [7, 11) is 2.19. The van der Waals surface area contributed by atoms with Gasteiger partial charge in [-0.3, -0.25) is 4.79 Å². The molecule has 4 fully saturated rings. The second kappa shape index (κ2) is 6.01. The number of carbonyl (C=O) groups excluding carboxylic acids is 1. The van der Waals surface area contributed by atoms with Gasteiger partial charge >= 0.3 is 0 Å². The first kappa shape index (κ1) is 15.9. The summed E-state index contributed by atoms with van der Waals surface area (Å²) in [6, 6.07) is 0. The van der Waals surface area contributed by atoms with Gasteiger partial charge in [0.2, 0.25) is 5.91 Å². The normalized spacial score (nSPS) is 40.8. The maximum absolute atomic E-state index is 12.6. The molecule has 0 aromatic carbocycles. The molecule has 2 saturated heterocycles. The predicted octanol–water partition coefficient (Wildman–Crippen LogP) is 0.964. The van der Waals surface area contributed by atoms with Gasteiger partial charge in [0.05, 0.1) is 12.7 Å². The van der Waals surface area contributed by atoms with Crippen LogP contribution in [0.5, 0.6) is 0 Å². The van der Waals surface area contributed by atoms with Crippen molar-refractivity contribution in [3.8, 4) is 0 Å². The van der Waals surface area contributed by atoms with Gasteiger partial charge in [-0.05, 0) is 45.1 Å². The predicted molar refractivity (Wildman–Crippen MR) is 86.9 cm³/mol. The smallest absolute Gasteiger partial charge is 0.225 e. The minimum Gasteiger partial charge on any atom is -0.393 e. The molecule has 2 saturated carbocycles. The lowest BCUT2D eigenvalue weighted by atomic mass is 9.77. The Labute approximate surface area is 139 Å². The maximum Gasteiger partial charge on any atom is 0.225 e. The topological polar surface area (TPSA) is 53.0 Å². The Bertz CT molecular complexity index is 461. The Morgan fingerprint density at radius 2 is 2.04 bits per heavy atom. The molecule has 5 heteroatoms. The first-order chi connectivity index (χ1) is 11.1. The fraction of sp³-hybridized carbons (Fsp3) is 0.944. The fourth-order valence-corrected chi connectivity index (χ4v) is 4.79. The molecule has 0 radical (unpaired) electrons. The number of nitrogens with zero attached hydrogens (tertiary/aromatic N) is 2. The maximum atomic E-state index is 12.6. The first-order valence-corrected chi connectivity index (χ1v) is 9.29. The highest BCUT2D eigenvalue weighted by molar-refractivity contribution is 5.80. The Morgan fingerprint density at radius 3 is 2.74 bits per heavy atom. The van der Waals surface area contributed by atoms with Gasteiger partial charge in [-0.2, -0.15) is 0 Å². The molecule has 0 bridgehead atoms. The van der Waals surface area contributed by atoms with Gasteiger partial charge in [-0.15, -0.1) is 0 Å². The summed E-state index contributed by atoms with van der Waals surface area (Å²) >= 11 is 0. The van der Waals surface area contributed by atoms with Gasteiger partial charge in [-0.25, -0.2) is 0 Å². The highest BCUT2D eigenvalue weighted by Crippen LogP contribution is 2.45. The standard InChI is InChI=1S/C18H30N2O3/c1-19-8-15(10-23-9-13-2-3-13)18(11-19)4-5-20(12-18)17(22)14-6-16(21)7-14/h13-16,21H,2-12H2,1H3/t14?,15-,16?,18+/m0/s1.